The van der Waals surface area contributed by atoms with Gasteiger partial charge >= 0.3 is 0 Å². The van der Waals surface area contributed by atoms with Crippen LogP contribution in [0.25, 0.3) is 0 Å². The van der Waals surface area contributed by atoms with Gasteiger partial charge in [-0.3, -0.25) is 4.79 Å². The number of aliphatic hydroxyl groups excluding tert-OH is 2. The first-order chi connectivity index (χ1) is 7.17. The Morgan fingerprint density at radius 1 is 1.53 bits per heavy atom. The number of ether oxygens (including phenoxy) is 1. The van der Waals surface area contributed by atoms with Gasteiger partial charge in [-0.1, -0.05) is 11.6 Å². The van der Waals surface area contributed by atoms with Gasteiger partial charge in [-0.15, -0.1) is 0 Å². The summed E-state index contributed by atoms with van der Waals surface area (Å²) in [5, 5.41) is 17.9. The minimum atomic E-state index is -0.938. The highest BCUT2D eigenvalue weighted by molar-refractivity contribution is 6.32. The molecule has 1 aromatic carbocycles. The van der Waals surface area contributed by atoms with Gasteiger partial charge in [-0.05, 0) is 18.2 Å². The van der Waals surface area contributed by atoms with Crippen LogP contribution >= 0.6 is 11.6 Å². The summed E-state index contributed by atoms with van der Waals surface area (Å²) in [6, 6.07) is 4.56. The van der Waals surface area contributed by atoms with Crippen LogP contribution in [0.5, 0.6) is 5.75 Å². The summed E-state index contributed by atoms with van der Waals surface area (Å²) in [4.78, 5) is 10.4. The lowest BCUT2D eigenvalue weighted by Gasteiger charge is -2.11. The van der Waals surface area contributed by atoms with Crippen LogP contribution in [-0.2, 0) is 0 Å². The maximum Gasteiger partial charge on any atom is 0.150 e. The molecular formula is C10H11ClO4. The molecule has 0 aromatic heterocycles. The fourth-order valence-corrected chi connectivity index (χ4v) is 1.19. The zero-order valence-corrected chi connectivity index (χ0v) is 8.65. The van der Waals surface area contributed by atoms with Crippen molar-refractivity contribution >= 4 is 17.9 Å². The summed E-state index contributed by atoms with van der Waals surface area (Å²) in [6.45, 7) is -0.416. The van der Waals surface area contributed by atoms with Crippen molar-refractivity contribution in [2.45, 2.75) is 6.10 Å². The lowest BCUT2D eigenvalue weighted by Crippen LogP contribution is -2.21. The summed E-state index contributed by atoms with van der Waals surface area (Å²) in [5.74, 6) is 0.370. The molecule has 4 nitrogen and oxygen atoms in total. The molecule has 0 amide bonds. The Morgan fingerprint density at radius 2 is 2.27 bits per heavy atom. The summed E-state index contributed by atoms with van der Waals surface area (Å²) >= 11 is 5.81. The van der Waals surface area contributed by atoms with Crippen molar-refractivity contribution in [3.05, 3.63) is 28.8 Å². The van der Waals surface area contributed by atoms with Crippen molar-refractivity contribution in [1.82, 2.24) is 0 Å². The van der Waals surface area contributed by atoms with E-state index < -0.39 is 6.10 Å². The lowest BCUT2D eigenvalue weighted by molar-refractivity contribution is 0.0536. The number of aliphatic hydroxyl groups is 2. The van der Waals surface area contributed by atoms with E-state index in [1.165, 1.54) is 12.1 Å². The van der Waals surface area contributed by atoms with Crippen molar-refractivity contribution in [1.29, 1.82) is 0 Å². The van der Waals surface area contributed by atoms with Gasteiger partial charge in [0.2, 0.25) is 0 Å². The van der Waals surface area contributed by atoms with Crippen molar-refractivity contribution in [2.75, 3.05) is 13.2 Å². The van der Waals surface area contributed by atoms with Crippen LogP contribution in [0.2, 0.25) is 5.02 Å². The number of carbonyl (C=O) groups is 1. The number of aldehydes is 1. The highest BCUT2D eigenvalue weighted by atomic mass is 35.5. The minimum Gasteiger partial charge on any atom is -0.489 e. The Morgan fingerprint density at radius 3 is 2.80 bits per heavy atom. The quantitative estimate of drug-likeness (QED) is 0.737. The van der Waals surface area contributed by atoms with Crippen LogP contribution in [0, 0.1) is 0 Å². The molecular weight excluding hydrogens is 220 g/mol. The number of hydrogen-bond donors (Lipinski definition) is 2. The topological polar surface area (TPSA) is 66.8 Å². The van der Waals surface area contributed by atoms with E-state index in [1.54, 1.807) is 6.07 Å². The molecule has 0 saturated heterocycles. The van der Waals surface area contributed by atoms with Gasteiger partial charge in [0.25, 0.3) is 0 Å². The molecule has 0 heterocycles. The van der Waals surface area contributed by atoms with E-state index in [4.69, 9.17) is 26.6 Å². The standard InChI is InChI=1S/C10H11ClO4/c11-9-3-7(4-12)1-2-10(9)15-6-8(14)5-13/h1-4,8,13-14H,5-6H2. The molecule has 0 aliphatic rings. The van der Waals surface area contributed by atoms with E-state index in [2.05, 4.69) is 0 Å². The SMILES string of the molecule is O=Cc1ccc(OCC(O)CO)c(Cl)c1. The highest BCUT2D eigenvalue weighted by Gasteiger charge is 2.06. The minimum absolute atomic E-state index is 0.0450. The average Bonchev–Trinajstić information content (AvgIpc) is 2.26. The average molecular weight is 231 g/mol. The van der Waals surface area contributed by atoms with Gasteiger partial charge in [0.1, 0.15) is 24.7 Å². The van der Waals surface area contributed by atoms with Crippen LogP contribution in [0.15, 0.2) is 18.2 Å². The van der Waals surface area contributed by atoms with Gasteiger partial charge in [0, 0.05) is 5.56 Å². The van der Waals surface area contributed by atoms with E-state index in [0.29, 0.717) is 22.6 Å². The van der Waals surface area contributed by atoms with E-state index >= 15 is 0 Å². The predicted octanol–water partition coefficient (Wildman–Crippen LogP) is 0.884. The molecule has 1 rings (SSSR count). The number of halogens is 1. The second-order valence-electron chi connectivity index (χ2n) is 2.96. The largest absolute Gasteiger partial charge is 0.489 e. The molecule has 15 heavy (non-hydrogen) atoms. The Bertz CT molecular complexity index is 340. The summed E-state index contributed by atoms with van der Waals surface area (Å²) in [7, 11) is 0. The number of hydrogen-bond acceptors (Lipinski definition) is 4. The maximum absolute atomic E-state index is 10.4. The molecule has 5 heteroatoms. The Labute approximate surface area is 92.1 Å². The van der Waals surface area contributed by atoms with E-state index in [1.807, 2.05) is 0 Å². The molecule has 0 radical (unpaired) electrons. The third kappa shape index (κ3) is 3.51. The molecule has 0 fully saturated rings. The van der Waals surface area contributed by atoms with Crippen molar-refractivity contribution in [2.24, 2.45) is 0 Å². The van der Waals surface area contributed by atoms with Crippen LogP contribution in [0.4, 0.5) is 0 Å². The molecule has 1 aromatic rings. The van der Waals surface area contributed by atoms with Crippen LogP contribution < -0.4 is 4.74 Å². The van der Waals surface area contributed by atoms with Crippen LogP contribution in [0.1, 0.15) is 10.4 Å². The molecule has 82 valence electrons. The zero-order chi connectivity index (χ0) is 11.3. The highest BCUT2D eigenvalue weighted by Crippen LogP contribution is 2.24. The summed E-state index contributed by atoms with van der Waals surface area (Å²) in [5.41, 5.74) is 0.454. The number of carbonyl (C=O) groups excluding carboxylic acids is 1. The molecule has 0 aliphatic heterocycles. The van der Waals surface area contributed by atoms with E-state index in [-0.39, 0.29) is 13.2 Å². The van der Waals surface area contributed by atoms with Crippen LogP contribution in [-0.4, -0.2) is 35.8 Å². The van der Waals surface area contributed by atoms with Crippen molar-refractivity contribution in [3.63, 3.8) is 0 Å². The number of rotatable bonds is 5. The normalized spacial score (nSPS) is 12.2. The van der Waals surface area contributed by atoms with E-state index in [9.17, 15) is 4.79 Å². The van der Waals surface area contributed by atoms with Gasteiger partial charge in [-0.2, -0.15) is 0 Å². The molecule has 0 bridgehead atoms. The zero-order valence-electron chi connectivity index (χ0n) is 7.89. The third-order valence-electron chi connectivity index (χ3n) is 1.73. The Hall–Kier alpha value is -1.10. The predicted molar refractivity (Wildman–Crippen MR) is 55.4 cm³/mol. The third-order valence-corrected chi connectivity index (χ3v) is 2.03. The van der Waals surface area contributed by atoms with E-state index in [0.717, 1.165) is 0 Å². The Balaban J connectivity index is 2.65. The van der Waals surface area contributed by atoms with Gasteiger partial charge in [0.15, 0.2) is 0 Å². The molecule has 1 atom stereocenters. The fraction of sp³-hybridized carbons (Fsp3) is 0.300. The van der Waals surface area contributed by atoms with Gasteiger partial charge in [0.05, 0.1) is 11.6 Å². The Kier molecular flexibility index (Phi) is 4.55. The molecule has 2 N–H and O–H groups in total. The molecule has 0 spiro atoms. The summed E-state index contributed by atoms with van der Waals surface area (Å²) < 4.78 is 5.13. The first-order valence-electron chi connectivity index (χ1n) is 4.34. The lowest BCUT2D eigenvalue weighted by atomic mass is 10.2. The molecule has 0 aliphatic carbocycles. The monoisotopic (exact) mass is 230 g/mol. The molecule has 0 saturated carbocycles. The van der Waals surface area contributed by atoms with Gasteiger partial charge < -0.3 is 14.9 Å². The van der Waals surface area contributed by atoms with Crippen molar-refractivity contribution < 1.29 is 19.7 Å². The second kappa shape index (κ2) is 5.70. The first-order valence-corrected chi connectivity index (χ1v) is 4.71. The summed E-state index contributed by atoms with van der Waals surface area (Å²) in [6.07, 6.45) is -0.259. The smallest absolute Gasteiger partial charge is 0.150 e. The maximum atomic E-state index is 10.4. The number of benzene rings is 1. The molecule has 1 unspecified atom stereocenters. The first kappa shape index (κ1) is 12.0. The van der Waals surface area contributed by atoms with Crippen LogP contribution in [0.3, 0.4) is 0 Å². The fourth-order valence-electron chi connectivity index (χ4n) is 0.946. The van der Waals surface area contributed by atoms with Crippen molar-refractivity contribution in [3.8, 4) is 5.75 Å². The second-order valence-corrected chi connectivity index (χ2v) is 3.36. The van der Waals surface area contributed by atoms with Gasteiger partial charge in [-0.25, -0.2) is 0 Å².